The standard InChI is InChI=1S/C23H24N8O3/c1-3-16(20(24)32)27-23-28-22(19(21(25)33)29-30-23)26-17-5-4-6-18-15(17)11-12-31(18)13-7-9-14(34-2)10-8-13/h4-12,16H,3H2,1-2H3,(H2,24,32)(H2,25,33)(H2,26,27,28,30)/t16-/m1/s1. The lowest BCUT2D eigenvalue weighted by Crippen LogP contribution is -2.35. The Hall–Kier alpha value is -4.67. The highest BCUT2D eigenvalue weighted by molar-refractivity contribution is 5.99. The van der Waals surface area contributed by atoms with Gasteiger partial charge in [-0.3, -0.25) is 9.59 Å². The average molecular weight is 460 g/mol. The van der Waals surface area contributed by atoms with Gasteiger partial charge in [0, 0.05) is 23.0 Å². The number of methoxy groups -OCH3 is 1. The molecule has 6 N–H and O–H groups in total. The van der Waals surface area contributed by atoms with E-state index < -0.39 is 17.9 Å². The normalized spacial score (nSPS) is 11.7. The van der Waals surface area contributed by atoms with Gasteiger partial charge in [0.2, 0.25) is 11.9 Å². The predicted octanol–water partition coefficient (Wildman–Crippen LogP) is 2.34. The van der Waals surface area contributed by atoms with Crippen molar-refractivity contribution >= 4 is 40.2 Å². The molecule has 2 amide bonds. The molecular formula is C23H24N8O3. The van der Waals surface area contributed by atoms with Gasteiger partial charge in [-0.1, -0.05) is 13.0 Å². The van der Waals surface area contributed by atoms with Gasteiger partial charge < -0.3 is 31.4 Å². The molecule has 0 aliphatic carbocycles. The highest BCUT2D eigenvalue weighted by Crippen LogP contribution is 2.30. The van der Waals surface area contributed by atoms with Gasteiger partial charge in [-0.25, -0.2) is 0 Å². The van der Waals surface area contributed by atoms with Gasteiger partial charge in [0.05, 0.1) is 12.6 Å². The van der Waals surface area contributed by atoms with Crippen LogP contribution in [0.15, 0.2) is 54.7 Å². The highest BCUT2D eigenvalue weighted by Gasteiger charge is 2.19. The molecule has 11 nitrogen and oxygen atoms in total. The van der Waals surface area contributed by atoms with Crippen LogP contribution in [0.5, 0.6) is 5.75 Å². The fraction of sp³-hybridized carbons (Fsp3) is 0.174. The SMILES string of the molecule is CC[C@@H](Nc1nnc(C(N)=O)c(Nc2cccc3c2ccn3-c2ccc(OC)cc2)n1)C(N)=O. The summed E-state index contributed by atoms with van der Waals surface area (Å²) in [6.45, 7) is 1.79. The third kappa shape index (κ3) is 4.44. The number of amides is 2. The number of hydrogen-bond donors (Lipinski definition) is 4. The van der Waals surface area contributed by atoms with Gasteiger partial charge in [-0.15, -0.1) is 10.2 Å². The number of benzene rings is 2. The predicted molar refractivity (Wildman–Crippen MR) is 128 cm³/mol. The Kier molecular flexibility index (Phi) is 6.26. The fourth-order valence-corrected chi connectivity index (χ4v) is 3.54. The topological polar surface area (TPSA) is 163 Å². The summed E-state index contributed by atoms with van der Waals surface area (Å²) < 4.78 is 7.26. The Morgan fingerprint density at radius 3 is 2.50 bits per heavy atom. The maximum Gasteiger partial charge on any atom is 0.273 e. The Morgan fingerprint density at radius 1 is 1.09 bits per heavy atom. The molecule has 0 aliphatic heterocycles. The summed E-state index contributed by atoms with van der Waals surface area (Å²) in [6, 6.07) is 14.6. The van der Waals surface area contributed by atoms with Crippen LogP contribution in [0, 0.1) is 0 Å². The van der Waals surface area contributed by atoms with Crippen LogP contribution in [0.2, 0.25) is 0 Å². The van der Waals surface area contributed by atoms with E-state index in [0.717, 1.165) is 22.3 Å². The van der Waals surface area contributed by atoms with E-state index in [1.165, 1.54) is 0 Å². The molecule has 0 bridgehead atoms. The van der Waals surface area contributed by atoms with Crippen molar-refractivity contribution in [3.63, 3.8) is 0 Å². The second-order valence-corrected chi connectivity index (χ2v) is 7.45. The van der Waals surface area contributed by atoms with Crippen LogP contribution in [0.25, 0.3) is 16.6 Å². The van der Waals surface area contributed by atoms with Crippen molar-refractivity contribution in [3.05, 3.63) is 60.4 Å². The van der Waals surface area contributed by atoms with Crippen LogP contribution in [0.4, 0.5) is 17.5 Å². The van der Waals surface area contributed by atoms with Crippen molar-refractivity contribution < 1.29 is 14.3 Å². The molecule has 1 atom stereocenters. The zero-order valence-electron chi connectivity index (χ0n) is 18.6. The second kappa shape index (κ2) is 9.45. The first-order valence-electron chi connectivity index (χ1n) is 10.5. The third-order valence-corrected chi connectivity index (χ3v) is 5.31. The number of nitrogens with two attached hydrogens (primary N) is 2. The molecule has 0 fully saturated rings. The molecule has 0 radical (unpaired) electrons. The Morgan fingerprint density at radius 2 is 1.85 bits per heavy atom. The number of ether oxygens (including phenoxy) is 1. The molecular weight excluding hydrogens is 436 g/mol. The number of hydrogen-bond acceptors (Lipinski definition) is 8. The van der Waals surface area contributed by atoms with Crippen molar-refractivity contribution in [2.24, 2.45) is 11.5 Å². The van der Waals surface area contributed by atoms with E-state index in [-0.39, 0.29) is 17.5 Å². The summed E-state index contributed by atoms with van der Waals surface area (Å²) in [7, 11) is 1.62. The van der Waals surface area contributed by atoms with Crippen LogP contribution in [-0.2, 0) is 4.79 Å². The summed E-state index contributed by atoms with van der Waals surface area (Å²) >= 11 is 0. The number of rotatable bonds is 9. The fourth-order valence-electron chi connectivity index (χ4n) is 3.54. The van der Waals surface area contributed by atoms with E-state index in [2.05, 4.69) is 25.8 Å². The first-order chi connectivity index (χ1) is 16.4. The van der Waals surface area contributed by atoms with E-state index in [4.69, 9.17) is 16.2 Å². The van der Waals surface area contributed by atoms with Crippen molar-refractivity contribution in [3.8, 4) is 11.4 Å². The molecule has 11 heteroatoms. The van der Waals surface area contributed by atoms with Crippen molar-refractivity contribution in [2.45, 2.75) is 19.4 Å². The largest absolute Gasteiger partial charge is 0.497 e. The lowest BCUT2D eigenvalue weighted by molar-refractivity contribution is -0.118. The minimum Gasteiger partial charge on any atom is -0.497 e. The maximum absolute atomic E-state index is 11.9. The first kappa shape index (κ1) is 22.5. The lowest BCUT2D eigenvalue weighted by Gasteiger charge is -2.15. The second-order valence-electron chi connectivity index (χ2n) is 7.45. The summed E-state index contributed by atoms with van der Waals surface area (Å²) in [6.07, 6.45) is 2.37. The van der Waals surface area contributed by atoms with Crippen LogP contribution >= 0.6 is 0 Å². The molecule has 2 aromatic carbocycles. The summed E-state index contributed by atoms with van der Waals surface area (Å²) in [5.74, 6) is -0.429. The first-order valence-corrected chi connectivity index (χ1v) is 10.5. The molecule has 2 heterocycles. The number of fused-ring (bicyclic) bond motifs is 1. The molecule has 4 rings (SSSR count). The van der Waals surface area contributed by atoms with Crippen molar-refractivity contribution in [2.75, 3.05) is 17.7 Å². The van der Waals surface area contributed by atoms with E-state index >= 15 is 0 Å². The van der Waals surface area contributed by atoms with Gasteiger partial charge in [0.15, 0.2) is 11.5 Å². The number of anilines is 3. The minimum absolute atomic E-state index is 0.0427. The van der Waals surface area contributed by atoms with Gasteiger partial charge in [0.25, 0.3) is 5.91 Å². The quantitative estimate of drug-likeness (QED) is 0.296. The Balaban J connectivity index is 1.71. The Bertz CT molecular complexity index is 1350. The van der Waals surface area contributed by atoms with Crippen molar-refractivity contribution in [1.82, 2.24) is 19.7 Å². The molecule has 0 aliphatic rings. The average Bonchev–Trinajstić information content (AvgIpc) is 3.27. The van der Waals surface area contributed by atoms with Gasteiger partial charge in [-0.2, -0.15) is 4.98 Å². The van der Waals surface area contributed by atoms with E-state index in [1.807, 2.05) is 59.3 Å². The highest BCUT2D eigenvalue weighted by atomic mass is 16.5. The van der Waals surface area contributed by atoms with Crippen LogP contribution < -0.4 is 26.8 Å². The number of nitrogens with zero attached hydrogens (tertiary/aromatic N) is 4. The smallest absolute Gasteiger partial charge is 0.273 e. The lowest BCUT2D eigenvalue weighted by atomic mass is 10.2. The van der Waals surface area contributed by atoms with E-state index in [0.29, 0.717) is 12.1 Å². The van der Waals surface area contributed by atoms with Crippen LogP contribution in [0.3, 0.4) is 0 Å². The van der Waals surface area contributed by atoms with Crippen LogP contribution in [-0.4, -0.2) is 44.7 Å². The maximum atomic E-state index is 11.9. The number of primary amides is 2. The molecule has 2 aromatic heterocycles. The summed E-state index contributed by atoms with van der Waals surface area (Å²) in [5.41, 5.74) is 13.3. The Labute approximate surface area is 195 Å². The molecule has 0 saturated carbocycles. The van der Waals surface area contributed by atoms with E-state index in [1.54, 1.807) is 14.0 Å². The zero-order valence-corrected chi connectivity index (χ0v) is 18.6. The number of aromatic nitrogens is 4. The minimum atomic E-state index is -0.793. The molecule has 34 heavy (non-hydrogen) atoms. The molecule has 0 unspecified atom stereocenters. The van der Waals surface area contributed by atoms with Gasteiger partial charge in [-0.05, 0) is 48.9 Å². The van der Waals surface area contributed by atoms with E-state index in [9.17, 15) is 9.59 Å². The monoisotopic (exact) mass is 460 g/mol. The number of carbonyl (C=O) groups excluding carboxylic acids is 2. The van der Waals surface area contributed by atoms with Gasteiger partial charge >= 0.3 is 0 Å². The number of carbonyl (C=O) groups is 2. The molecule has 0 spiro atoms. The van der Waals surface area contributed by atoms with Crippen LogP contribution in [0.1, 0.15) is 23.8 Å². The molecule has 4 aromatic rings. The molecule has 174 valence electrons. The number of nitrogens with one attached hydrogen (secondary N) is 2. The summed E-state index contributed by atoms with van der Waals surface area (Å²) in [4.78, 5) is 27.8. The third-order valence-electron chi connectivity index (χ3n) is 5.31. The summed E-state index contributed by atoms with van der Waals surface area (Å²) in [5, 5.41) is 14.6. The zero-order chi connectivity index (χ0) is 24.2. The van der Waals surface area contributed by atoms with Crippen molar-refractivity contribution in [1.29, 1.82) is 0 Å². The van der Waals surface area contributed by atoms with Gasteiger partial charge in [0.1, 0.15) is 11.8 Å². The molecule has 0 saturated heterocycles.